The summed E-state index contributed by atoms with van der Waals surface area (Å²) < 4.78 is 0. The van der Waals surface area contributed by atoms with Gasteiger partial charge in [0.05, 0.1) is 0 Å². The van der Waals surface area contributed by atoms with Crippen LogP contribution in [0.2, 0.25) is 9.88 Å². The molecule has 0 unspecified atom stereocenters. The van der Waals surface area contributed by atoms with Gasteiger partial charge in [-0.15, -0.1) is 0 Å². The van der Waals surface area contributed by atoms with Crippen molar-refractivity contribution in [1.82, 2.24) is 0 Å². The molecule has 0 aromatic rings. The predicted molar refractivity (Wildman–Crippen MR) is 34.1 cm³/mol. The molecule has 0 saturated heterocycles. The van der Waals surface area contributed by atoms with Crippen LogP contribution in [0.1, 0.15) is 0 Å². The van der Waals surface area contributed by atoms with Crippen molar-refractivity contribution in [3.63, 3.8) is 0 Å². The Bertz CT molecular complexity index is 41.8. The SMILES string of the molecule is O=[C-]O.O=[C-]O.[CH3][Sn+2][CH3]. The maximum atomic E-state index is 8.24. The van der Waals surface area contributed by atoms with Crippen molar-refractivity contribution < 1.29 is 19.8 Å². The second kappa shape index (κ2) is 46.9. The molecule has 0 radical (unpaired) electrons. The third-order valence-corrected chi connectivity index (χ3v) is 0. The van der Waals surface area contributed by atoms with Crippen LogP contribution in [0.3, 0.4) is 0 Å². The van der Waals surface area contributed by atoms with E-state index >= 15 is 0 Å². The summed E-state index contributed by atoms with van der Waals surface area (Å²) in [5.74, 6) is 0. The summed E-state index contributed by atoms with van der Waals surface area (Å²) in [6, 6.07) is 0. The Balaban J connectivity index is -0.0000000600. The first-order chi connectivity index (χ1) is 4.24. The van der Waals surface area contributed by atoms with Crippen molar-refractivity contribution in [3.05, 3.63) is 0 Å². The maximum absolute atomic E-state index is 8.24. The Morgan fingerprint density at radius 3 is 1.11 bits per heavy atom. The zero-order valence-corrected chi connectivity index (χ0v) is 8.07. The van der Waals surface area contributed by atoms with Crippen LogP contribution in [0.15, 0.2) is 0 Å². The zero-order valence-electron chi connectivity index (χ0n) is 5.21. The van der Waals surface area contributed by atoms with E-state index < -0.39 is 0 Å². The van der Waals surface area contributed by atoms with Crippen molar-refractivity contribution >= 4 is 34.1 Å². The van der Waals surface area contributed by atoms with E-state index in [1.54, 1.807) is 0 Å². The van der Waals surface area contributed by atoms with Gasteiger partial charge in [-0.3, -0.25) is 0 Å². The van der Waals surface area contributed by atoms with Crippen LogP contribution in [0.25, 0.3) is 0 Å². The van der Waals surface area contributed by atoms with Gasteiger partial charge in [0.15, 0.2) is 0 Å². The average Bonchev–Trinajstić information content (AvgIpc) is 1.70. The summed E-state index contributed by atoms with van der Waals surface area (Å²) in [5, 5.41) is 13.5. The zero-order chi connectivity index (χ0) is 8.12. The fourth-order valence-corrected chi connectivity index (χ4v) is 0. The first-order valence-corrected chi connectivity index (χ1v) is 7.56. The van der Waals surface area contributed by atoms with E-state index in [0.717, 1.165) is 0 Å². The Morgan fingerprint density at radius 2 is 1.11 bits per heavy atom. The molecule has 0 aromatic carbocycles. The van der Waals surface area contributed by atoms with Gasteiger partial charge in [-0.1, -0.05) is 12.9 Å². The van der Waals surface area contributed by atoms with E-state index in [2.05, 4.69) is 9.88 Å². The van der Waals surface area contributed by atoms with Gasteiger partial charge in [-0.25, -0.2) is 0 Å². The van der Waals surface area contributed by atoms with Crippen LogP contribution in [-0.4, -0.2) is 44.3 Å². The van der Waals surface area contributed by atoms with Gasteiger partial charge in [-0.05, 0) is 0 Å². The van der Waals surface area contributed by atoms with E-state index in [1.807, 2.05) is 0 Å². The summed E-state index contributed by atoms with van der Waals surface area (Å²) in [6.07, 6.45) is 0. The van der Waals surface area contributed by atoms with Crippen LogP contribution in [0, 0.1) is 0 Å². The first kappa shape index (κ1) is 15.9. The number of rotatable bonds is 0. The summed E-state index contributed by atoms with van der Waals surface area (Å²) in [6.45, 7) is 1.00. The molecule has 0 aliphatic heterocycles. The van der Waals surface area contributed by atoms with Crippen molar-refractivity contribution in [2.24, 2.45) is 0 Å². The van der Waals surface area contributed by atoms with Gasteiger partial charge < -0.3 is 19.8 Å². The molecule has 0 saturated carbocycles. The minimum atomic E-state index is 0.230. The van der Waals surface area contributed by atoms with Crippen molar-refractivity contribution in [2.45, 2.75) is 9.88 Å². The number of hydrogen-bond acceptors (Lipinski definition) is 2. The molecule has 0 aromatic heterocycles. The van der Waals surface area contributed by atoms with E-state index in [4.69, 9.17) is 19.8 Å². The Labute approximate surface area is 64.1 Å². The second-order valence-electron chi connectivity index (χ2n) is 0.683. The first-order valence-electron chi connectivity index (χ1n) is 1.86. The summed E-state index contributed by atoms with van der Waals surface area (Å²) in [5.41, 5.74) is 0. The topological polar surface area (TPSA) is 74.6 Å². The molecule has 9 heavy (non-hydrogen) atoms. The van der Waals surface area contributed by atoms with Crippen LogP contribution in [0.5, 0.6) is 0 Å². The minimum absolute atomic E-state index is 0.230. The van der Waals surface area contributed by atoms with Gasteiger partial charge >= 0.3 is 31.0 Å². The molecular weight excluding hydrogens is 231 g/mol. The van der Waals surface area contributed by atoms with E-state index in [0.29, 0.717) is 12.9 Å². The van der Waals surface area contributed by atoms with Crippen LogP contribution in [0.4, 0.5) is 0 Å². The Hall–Kier alpha value is -0.261. The van der Waals surface area contributed by atoms with Crippen molar-refractivity contribution in [1.29, 1.82) is 0 Å². The normalized spacial score (nSPS) is 3.78. The van der Waals surface area contributed by atoms with Gasteiger partial charge in [-0.2, -0.15) is 0 Å². The second-order valence-corrected chi connectivity index (χ2v) is 3.54. The molecule has 0 aliphatic carbocycles. The molecule has 4 nitrogen and oxygen atoms in total. The fourth-order valence-electron chi connectivity index (χ4n) is 0. The number of aliphatic hydroxyl groups excluding tert-OH is 2. The Kier molecular flexibility index (Phi) is 82.7. The Morgan fingerprint density at radius 1 is 1.11 bits per heavy atom. The molecule has 0 spiro atoms. The standard InChI is InChI=1S/2CHO2.2CH3.Sn/c2*2-1-3;;;/h2*(H,2,3);2*1H3;/q2*-1;;;+2. The van der Waals surface area contributed by atoms with E-state index in [9.17, 15) is 0 Å². The molecule has 0 fully saturated rings. The quantitative estimate of drug-likeness (QED) is 0.461. The van der Waals surface area contributed by atoms with Crippen molar-refractivity contribution in [3.8, 4) is 0 Å². The summed E-state index contributed by atoms with van der Waals surface area (Å²) in [7, 11) is 0. The van der Waals surface area contributed by atoms with Crippen LogP contribution in [-0.2, 0) is 9.59 Å². The van der Waals surface area contributed by atoms with Gasteiger partial charge in [0.1, 0.15) is 0 Å². The van der Waals surface area contributed by atoms with E-state index in [-0.39, 0.29) is 21.1 Å². The molecule has 0 heterocycles. The molecule has 0 amide bonds. The summed E-state index contributed by atoms with van der Waals surface area (Å²) >= 11 is 0.230. The molecule has 0 aliphatic rings. The molecule has 0 rings (SSSR count). The van der Waals surface area contributed by atoms with Crippen molar-refractivity contribution in [2.75, 3.05) is 0 Å². The number of hydrogen-bond donors (Lipinski definition) is 2. The molecular formula is C4H8O4Sn. The average molecular weight is 239 g/mol. The van der Waals surface area contributed by atoms with Crippen LogP contribution < -0.4 is 0 Å². The van der Waals surface area contributed by atoms with E-state index in [1.165, 1.54) is 0 Å². The van der Waals surface area contributed by atoms with Gasteiger partial charge in [0.2, 0.25) is 0 Å². The third-order valence-electron chi connectivity index (χ3n) is 0. The molecule has 2 N–H and O–H groups in total. The third kappa shape index (κ3) is 3730. The van der Waals surface area contributed by atoms with Crippen LogP contribution >= 0.6 is 0 Å². The van der Waals surface area contributed by atoms with Gasteiger partial charge in [0, 0.05) is 0 Å². The molecule has 0 bridgehead atoms. The predicted octanol–water partition coefficient (Wildman–Crippen LogP) is 0.0100. The van der Waals surface area contributed by atoms with Gasteiger partial charge in [0.25, 0.3) is 0 Å². The molecule has 5 heteroatoms. The summed E-state index contributed by atoms with van der Waals surface area (Å²) in [4.78, 5) is 21.1. The monoisotopic (exact) mass is 240 g/mol. The molecule has 0 atom stereocenters. The molecule has 52 valence electrons. The fraction of sp³-hybridized carbons (Fsp3) is 0.500.